The Morgan fingerprint density at radius 3 is 2.21 bits per heavy atom. The number of unbranched alkanes of at least 4 members (excludes halogenated alkanes) is 8. The standard InChI is InChI=1S/C30H50O9/c1-21-13-14-24-22(2)27(36-28-30(24)23(21)17-18-29(3,37-28)38-39-30)35-20-12-10-8-6-4-5-7-9-11-19-34-26(33)16-15-25(31)32/h21-24,27-28H,4-20H2,1-3H3,(H,31,32)/t21-,22-,23+,24+,27+,28-,29+,30-/m1/s1. The minimum Gasteiger partial charge on any atom is -0.481 e. The molecule has 1 spiro atoms. The van der Waals surface area contributed by atoms with Crippen molar-refractivity contribution >= 4 is 11.9 Å². The van der Waals surface area contributed by atoms with Gasteiger partial charge in [0.25, 0.3) is 0 Å². The fourth-order valence-corrected chi connectivity index (χ4v) is 7.17. The third-order valence-corrected chi connectivity index (χ3v) is 9.47. The molecule has 8 atom stereocenters. The van der Waals surface area contributed by atoms with Gasteiger partial charge in [0.2, 0.25) is 5.79 Å². The van der Waals surface area contributed by atoms with Gasteiger partial charge in [-0.3, -0.25) is 9.59 Å². The predicted molar refractivity (Wildman–Crippen MR) is 142 cm³/mol. The lowest BCUT2D eigenvalue weighted by atomic mass is 9.58. The van der Waals surface area contributed by atoms with Gasteiger partial charge < -0.3 is 24.1 Å². The van der Waals surface area contributed by atoms with E-state index in [4.69, 9.17) is 33.8 Å². The molecular formula is C30H50O9. The Hall–Kier alpha value is -1.26. The molecule has 4 aliphatic heterocycles. The molecule has 9 heteroatoms. The van der Waals surface area contributed by atoms with Crippen LogP contribution in [0, 0.1) is 23.7 Å². The first-order valence-electron chi connectivity index (χ1n) is 15.4. The van der Waals surface area contributed by atoms with Crippen LogP contribution in [0.4, 0.5) is 0 Å². The van der Waals surface area contributed by atoms with Crippen LogP contribution < -0.4 is 0 Å². The molecule has 5 aliphatic rings. The summed E-state index contributed by atoms with van der Waals surface area (Å²) in [4.78, 5) is 33.9. The lowest BCUT2D eigenvalue weighted by Crippen LogP contribution is -2.70. The van der Waals surface area contributed by atoms with Crippen LogP contribution in [0.2, 0.25) is 0 Å². The highest BCUT2D eigenvalue weighted by Crippen LogP contribution is 2.60. The van der Waals surface area contributed by atoms with Gasteiger partial charge in [-0.15, -0.1) is 0 Å². The van der Waals surface area contributed by atoms with Crippen LogP contribution in [0.3, 0.4) is 0 Å². The number of carboxylic acids is 1. The highest BCUT2D eigenvalue weighted by molar-refractivity contribution is 5.76. The number of fused-ring (bicyclic) bond motifs is 2. The molecule has 0 aromatic carbocycles. The Kier molecular flexibility index (Phi) is 11.1. The molecule has 5 fully saturated rings. The number of ether oxygens (including phenoxy) is 4. The van der Waals surface area contributed by atoms with Gasteiger partial charge in [0.15, 0.2) is 18.2 Å². The van der Waals surface area contributed by atoms with E-state index < -0.39 is 29.6 Å². The van der Waals surface area contributed by atoms with E-state index in [2.05, 4.69) is 13.8 Å². The molecule has 1 saturated carbocycles. The molecule has 4 heterocycles. The zero-order valence-corrected chi connectivity index (χ0v) is 24.2. The molecular weight excluding hydrogens is 504 g/mol. The van der Waals surface area contributed by atoms with Crippen molar-refractivity contribution in [2.24, 2.45) is 23.7 Å². The second-order valence-electron chi connectivity index (χ2n) is 12.4. The minimum absolute atomic E-state index is 0.0487. The van der Waals surface area contributed by atoms with Gasteiger partial charge in [0, 0.05) is 24.9 Å². The maximum atomic E-state index is 11.4. The van der Waals surface area contributed by atoms with E-state index >= 15 is 0 Å². The van der Waals surface area contributed by atoms with E-state index in [-0.39, 0.29) is 25.0 Å². The van der Waals surface area contributed by atoms with E-state index in [9.17, 15) is 9.59 Å². The first-order chi connectivity index (χ1) is 18.7. The smallest absolute Gasteiger partial charge is 0.306 e. The Morgan fingerprint density at radius 2 is 1.51 bits per heavy atom. The zero-order chi connectivity index (χ0) is 27.9. The molecule has 224 valence electrons. The number of hydrogen-bond donors (Lipinski definition) is 1. The molecule has 0 amide bonds. The third-order valence-electron chi connectivity index (χ3n) is 9.47. The van der Waals surface area contributed by atoms with Crippen molar-refractivity contribution in [3.8, 4) is 0 Å². The van der Waals surface area contributed by atoms with Gasteiger partial charge in [0.05, 0.1) is 19.4 Å². The average Bonchev–Trinajstić information content (AvgIpc) is 3.14. The molecule has 9 nitrogen and oxygen atoms in total. The van der Waals surface area contributed by atoms with Crippen molar-refractivity contribution in [2.45, 2.75) is 141 Å². The maximum absolute atomic E-state index is 11.4. The third kappa shape index (κ3) is 7.53. The van der Waals surface area contributed by atoms with Gasteiger partial charge in [-0.2, -0.15) is 0 Å². The molecule has 0 aromatic heterocycles. The van der Waals surface area contributed by atoms with Crippen LogP contribution in [0.1, 0.15) is 117 Å². The quantitative estimate of drug-likeness (QED) is 0.137. The molecule has 1 aliphatic carbocycles. The Balaban J connectivity index is 1.06. The SMILES string of the molecule is C[C@H]1[C@@H](OCCCCCCCCCCCOC(=O)CCC(=O)O)O[C@@H]2O[C@]3(C)CC[C@H]4[C@H](C)CC[C@@H]1[C@@]24OO3. The highest BCUT2D eigenvalue weighted by Gasteiger charge is 2.69. The predicted octanol–water partition coefficient (Wildman–Crippen LogP) is 6.13. The maximum Gasteiger partial charge on any atom is 0.306 e. The van der Waals surface area contributed by atoms with Gasteiger partial charge >= 0.3 is 11.9 Å². The van der Waals surface area contributed by atoms with Gasteiger partial charge in [0.1, 0.15) is 0 Å². The number of carbonyl (C=O) groups excluding carboxylic acids is 1. The van der Waals surface area contributed by atoms with Gasteiger partial charge in [-0.1, -0.05) is 58.8 Å². The monoisotopic (exact) mass is 554 g/mol. The number of rotatable bonds is 16. The van der Waals surface area contributed by atoms with Crippen LogP contribution >= 0.6 is 0 Å². The summed E-state index contributed by atoms with van der Waals surface area (Å²) in [6.07, 6.45) is 13.2. The molecule has 1 N–H and O–H groups in total. The molecule has 2 bridgehead atoms. The number of carboxylic acid groups (broad SMARTS) is 1. The summed E-state index contributed by atoms with van der Waals surface area (Å²) in [5.41, 5.74) is -0.528. The van der Waals surface area contributed by atoms with Gasteiger partial charge in [-0.05, 0) is 50.9 Å². The van der Waals surface area contributed by atoms with Crippen molar-refractivity contribution in [3.63, 3.8) is 0 Å². The molecule has 0 aromatic rings. The zero-order valence-electron chi connectivity index (χ0n) is 24.2. The molecule has 0 radical (unpaired) electrons. The first kappa shape index (κ1) is 30.7. The summed E-state index contributed by atoms with van der Waals surface area (Å²) in [5, 5.41) is 8.57. The molecule has 5 rings (SSSR count). The number of hydrogen-bond acceptors (Lipinski definition) is 8. The van der Waals surface area contributed by atoms with Gasteiger partial charge in [-0.25, -0.2) is 9.78 Å². The Morgan fingerprint density at radius 1 is 0.846 bits per heavy atom. The Bertz CT molecular complexity index is 805. The lowest BCUT2D eigenvalue weighted by Gasteiger charge is -2.60. The van der Waals surface area contributed by atoms with E-state index in [0.717, 1.165) is 51.4 Å². The summed E-state index contributed by atoms with van der Waals surface area (Å²) in [5.74, 6) is -0.686. The van der Waals surface area contributed by atoms with Crippen molar-refractivity contribution in [1.82, 2.24) is 0 Å². The van der Waals surface area contributed by atoms with Crippen LogP contribution in [-0.2, 0) is 38.3 Å². The van der Waals surface area contributed by atoms with E-state index in [1.165, 1.54) is 32.1 Å². The second-order valence-corrected chi connectivity index (χ2v) is 12.4. The van der Waals surface area contributed by atoms with Crippen LogP contribution in [0.15, 0.2) is 0 Å². The topological polar surface area (TPSA) is 110 Å². The summed E-state index contributed by atoms with van der Waals surface area (Å²) in [7, 11) is 0. The van der Waals surface area contributed by atoms with E-state index in [0.29, 0.717) is 31.0 Å². The normalized spacial score (nSPS) is 37.2. The second kappa shape index (κ2) is 14.1. The number of carbonyl (C=O) groups is 2. The fraction of sp³-hybridized carbons (Fsp3) is 0.933. The number of esters is 1. The van der Waals surface area contributed by atoms with Crippen molar-refractivity contribution in [2.75, 3.05) is 13.2 Å². The average molecular weight is 555 g/mol. The minimum atomic E-state index is -0.973. The highest BCUT2D eigenvalue weighted by atomic mass is 17.3. The summed E-state index contributed by atoms with van der Waals surface area (Å²) in [6, 6.07) is 0. The summed E-state index contributed by atoms with van der Waals surface area (Å²) < 4.78 is 24.3. The molecule has 4 saturated heterocycles. The number of aliphatic carboxylic acids is 1. The summed E-state index contributed by atoms with van der Waals surface area (Å²) in [6.45, 7) is 7.60. The molecule has 39 heavy (non-hydrogen) atoms. The summed E-state index contributed by atoms with van der Waals surface area (Å²) >= 11 is 0. The van der Waals surface area contributed by atoms with Crippen molar-refractivity contribution in [3.05, 3.63) is 0 Å². The van der Waals surface area contributed by atoms with Crippen LogP contribution in [-0.4, -0.2) is 54.2 Å². The molecule has 0 unspecified atom stereocenters. The van der Waals surface area contributed by atoms with Crippen LogP contribution in [0.5, 0.6) is 0 Å². The lowest BCUT2D eigenvalue weighted by molar-refractivity contribution is -0.577. The van der Waals surface area contributed by atoms with E-state index in [1.807, 2.05) is 6.92 Å². The fourth-order valence-electron chi connectivity index (χ4n) is 7.17. The van der Waals surface area contributed by atoms with Crippen molar-refractivity contribution < 1.29 is 43.4 Å². The van der Waals surface area contributed by atoms with Crippen molar-refractivity contribution in [1.29, 1.82) is 0 Å². The Labute approximate surface area is 233 Å². The van der Waals surface area contributed by atoms with E-state index in [1.54, 1.807) is 0 Å². The largest absolute Gasteiger partial charge is 0.481 e. The van der Waals surface area contributed by atoms with Crippen LogP contribution in [0.25, 0.3) is 0 Å². The first-order valence-corrected chi connectivity index (χ1v) is 15.4.